The smallest absolute Gasteiger partial charge is 0.154 e. The molecule has 0 aliphatic carbocycles. The topological polar surface area (TPSA) is 34.9 Å². The van der Waals surface area contributed by atoms with Crippen LogP contribution < -0.4 is 0 Å². The van der Waals surface area contributed by atoms with Gasteiger partial charge in [0.1, 0.15) is 4.60 Å². The molecule has 1 aromatic heterocycles. The Morgan fingerprint density at radius 2 is 2.36 bits per heavy atom. The molecule has 11 heavy (non-hydrogen) atoms. The van der Waals surface area contributed by atoms with Crippen LogP contribution in [0.1, 0.15) is 30.2 Å². The highest BCUT2D eigenvalue weighted by Crippen LogP contribution is 2.18. The molecule has 0 aliphatic heterocycles. The molecule has 0 radical (unpaired) electrons. The molecular weight excluding hydrogens is 208 g/mol. The minimum absolute atomic E-state index is 0.276. The lowest BCUT2D eigenvalue weighted by Crippen LogP contribution is -2.02. The Labute approximate surface area is 73.5 Å². The lowest BCUT2D eigenvalue weighted by molar-refractivity contribution is 0.112. The summed E-state index contributed by atoms with van der Waals surface area (Å²) in [5.41, 5.74) is 0.596. The van der Waals surface area contributed by atoms with Crippen molar-refractivity contribution < 1.29 is 4.79 Å². The van der Waals surface area contributed by atoms with Crippen molar-refractivity contribution in [1.82, 2.24) is 9.78 Å². The highest BCUT2D eigenvalue weighted by atomic mass is 79.9. The molecule has 1 heterocycles. The molecule has 0 amide bonds. The van der Waals surface area contributed by atoms with E-state index in [0.29, 0.717) is 5.56 Å². The Morgan fingerprint density at radius 3 is 2.64 bits per heavy atom. The second-order valence-corrected chi connectivity index (χ2v) is 3.30. The summed E-state index contributed by atoms with van der Waals surface area (Å²) in [7, 11) is 0. The SMILES string of the molecule is CC(C)n1ncc(C=O)c1Br. The minimum atomic E-state index is 0.276. The largest absolute Gasteiger partial charge is 0.298 e. The molecule has 0 saturated carbocycles. The van der Waals surface area contributed by atoms with E-state index in [4.69, 9.17) is 0 Å². The summed E-state index contributed by atoms with van der Waals surface area (Å²) in [6, 6.07) is 0.276. The first kappa shape index (κ1) is 8.46. The fraction of sp³-hybridized carbons (Fsp3) is 0.429. The van der Waals surface area contributed by atoms with Gasteiger partial charge in [-0.25, -0.2) is 0 Å². The average molecular weight is 217 g/mol. The molecule has 0 bridgehead atoms. The van der Waals surface area contributed by atoms with Gasteiger partial charge in [-0.2, -0.15) is 5.10 Å². The van der Waals surface area contributed by atoms with Crippen molar-refractivity contribution in [3.63, 3.8) is 0 Å². The normalized spacial score (nSPS) is 10.5. The number of rotatable bonds is 2. The molecule has 0 N–H and O–H groups in total. The van der Waals surface area contributed by atoms with Crippen molar-refractivity contribution in [2.45, 2.75) is 19.9 Å². The van der Waals surface area contributed by atoms with Crippen LogP contribution in [0.15, 0.2) is 10.8 Å². The van der Waals surface area contributed by atoms with Crippen LogP contribution in [0.25, 0.3) is 0 Å². The number of hydrogen-bond donors (Lipinski definition) is 0. The van der Waals surface area contributed by atoms with Gasteiger partial charge in [0.2, 0.25) is 0 Å². The zero-order valence-electron chi connectivity index (χ0n) is 6.41. The third-order valence-corrected chi connectivity index (χ3v) is 2.20. The Hall–Kier alpha value is -0.640. The lowest BCUT2D eigenvalue weighted by atomic mass is 10.4. The molecule has 0 aromatic carbocycles. The molecule has 3 nitrogen and oxygen atoms in total. The van der Waals surface area contributed by atoms with Crippen LogP contribution in [-0.2, 0) is 0 Å². The van der Waals surface area contributed by atoms with E-state index in [1.165, 1.54) is 0 Å². The Balaban J connectivity index is 3.10. The number of carbonyl (C=O) groups excluding carboxylic acids is 1. The van der Waals surface area contributed by atoms with Crippen molar-refractivity contribution in [3.8, 4) is 0 Å². The number of aldehydes is 1. The number of carbonyl (C=O) groups is 1. The van der Waals surface area contributed by atoms with Gasteiger partial charge in [0.05, 0.1) is 11.8 Å². The molecule has 0 saturated heterocycles. The highest BCUT2D eigenvalue weighted by Gasteiger charge is 2.08. The summed E-state index contributed by atoms with van der Waals surface area (Å²) < 4.78 is 2.51. The lowest BCUT2D eigenvalue weighted by Gasteiger charge is -2.05. The highest BCUT2D eigenvalue weighted by molar-refractivity contribution is 9.10. The van der Waals surface area contributed by atoms with Gasteiger partial charge in [-0.1, -0.05) is 0 Å². The Kier molecular flexibility index (Phi) is 2.44. The molecule has 0 unspecified atom stereocenters. The summed E-state index contributed by atoms with van der Waals surface area (Å²) in [5, 5.41) is 4.02. The summed E-state index contributed by atoms with van der Waals surface area (Å²) in [5.74, 6) is 0. The molecule has 0 fully saturated rings. The van der Waals surface area contributed by atoms with Crippen molar-refractivity contribution >= 4 is 22.2 Å². The van der Waals surface area contributed by atoms with Gasteiger partial charge in [0.15, 0.2) is 6.29 Å². The van der Waals surface area contributed by atoms with E-state index in [0.717, 1.165) is 10.9 Å². The van der Waals surface area contributed by atoms with Crippen LogP contribution in [-0.4, -0.2) is 16.1 Å². The fourth-order valence-corrected chi connectivity index (χ4v) is 1.50. The summed E-state index contributed by atoms with van der Waals surface area (Å²) in [6.07, 6.45) is 2.34. The predicted molar refractivity (Wildman–Crippen MR) is 45.7 cm³/mol. The van der Waals surface area contributed by atoms with Crippen LogP contribution in [0.5, 0.6) is 0 Å². The van der Waals surface area contributed by atoms with E-state index in [1.54, 1.807) is 10.9 Å². The molecular formula is C7H9BrN2O. The second kappa shape index (κ2) is 3.17. The first-order valence-electron chi connectivity index (χ1n) is 3.35. The quantitative estimate of drug-likeness (QED) is 0.710. The number of aromatic nitrogens is 2. The molecule has 0 atom stereocenters. The second-order valence-electron chi connectivity index (χ2n) is 2.55. The van der Waals surface area contributed by atoms with Crippen LogP contribution in [0.3, 0.4) is 0 Å². The number of hydrogen-bond acceptors (Lipinski definition) is 2. The molecule has 0 spiro atoms. The van der Waals surface area contributed by atoms with Gasteiger partial charge >= 0.3 is 0 Å². The molecule has 4 heteroatoms. The summed E-state index contributed by atoms with van der Waals surface area (Å²) in [6.45, 7) is 4.01. The molecule has 0 aliphatic rings. The maximum atomic E-state index is 10.4. The average Bonchev–Trinajstić information content (AvgIpc) is 2.30. The minimum Gasteiger partial charge on any atom is -0.298 e. The van der Waals surface area contributed by atoms with E-state index in [9.17, 15) is 4.79 Å². The standard InChI is InChI=1S/C7H9BrN2O/c1-5(2)10-7(8)6(4-11)3-9-10/h3-5H,1-2H3. The van der Waals surface area contributed by atoms with E-state index in [2.05, 4.69) is 21.0 Å². The molecule has 60 valence electrons. The third kappa shape index (κ3) is 1.50. The fourth-order valence-electron chi connectivity index (χ4n) is 0.800. The van der Waals surface area contributed by atoms with Gasteiger partial charge in [0.25, 0.3) is 0 Å². The maximum Gasteiger partial charge on any atom is 0.154 e. The number of halogens is 1. The Morgan fingerprint density at radius 1 is 1.73 bits per heavy atom. The zero-order chi connectivity index (χ0) is 8.43. The predicted octanol–water partition coefficient (Wildman–Crippen LogP) is 2.04. The maximum absolute atomic E-state index is 10.4. The van der Waals surface area contributed by atoms with E-state index in [1.807, 2.05) is 13.8 Å². The van der Waals surface area contributed by atoms with E-state index >= 15 is 0 Å². The first-order chi connectivity index (χ1) is 5.16. The van der Waals surface area contributed by atoms with Gasteiger partial charge in [-0.05, 0) is 29.8 Å². The monoisotopic (exact) mass is 216 g/mol. The van der Waals surface area contributed by atoms with Crippen LogP contribution in [0, 0.1) is 0 Å². The van der Waals surface area contributed by atoms with Gasteiger partial charge in [0, 0.05) is 6.04 Å². The van der Waals surface area contributed by atoms with Crippen molar-refractivity contribution in [2.75, 3.05) is 0 Å². The Bertz CT molecular complexity index is 267. The molecule has 1 aromatic rings. The van der Waals surface area contributed by atoms with Crippen molar-refractivity contribution in [3.05, 3.63) is 16.4 Å². The third-order valence-electron chi connectivity index (χ3n) is 1.38. The first-order valence-corrected chi connectivity index (χ1v) is 4.14. The zero-order valence-corrected chi connectivity index (χ0v) is 8.00. The van der Waals surface area contributed by atoms with Gasteiger partial charge in [-0.15, -0.1) is 0 Å². The van der Waals surface area contributed by atoms with Gasteiger partial charge in [-0.3, -0.25) is 9.48 Å². The van der Waals surface area contributed by atoms with Crippen LogP contribution >= 0.6 is 15.9 Å². The van der Waals surface area contributed by atoms with Gasteiger partial charge < -0.3 is 0 Å². The summed E-state index contributed by atoms with van der Waals surface area (Å²) >= 11 is 3.28. The summed E-state index contributed by atoms with van der Waals surface area (Å²) in [4.78, 5) is 10.4. The van der Waals surface area contributed by atoms with Crippen LogP contribution in [0.4, 0.5) is 0 Å². The van der Waals surface area contributed by atoms with Crippen LogP contribution in [0.2, 0.25) is 0 Å². The van der Waals surface area contributed by atoms with Crippen molar-refractivity contribution in [2.24, 2.45) is 0 Å². The van der Waals surface area contributed by atoms with E-state index < -0.39 is 0 Å². The molecule has 1 rings (SSSR count). The number of nitrogens with zero attached hydrogens (tertiary/aromatic N) is 2. The van der Waals surface area contributed by atoms with E-state index in [-0.39, 0.29) is 6.04 Å². The van der Waals surface area contributed by atoms with Crippen molar-refractivity contribution in [1.29, 1.82) is 0 Å².